The second-order valence-electron chi connectivity index (χ2n) is 8.71. The standard InChI is InChI=1S/C26H30FN5O4/c1-17-4-5-19(13-20(17)27)31-25-24-26(30-16-29-25)36-21-14-22(33-2)23(12-18(21)15-28-24)35-9-3-6-32-7-10-34-11-8-32/h4-5,12-14,16,28H,3,6-11,15H2,1-2H3,(H,29,30,31). The smallest absolute Gasteiger partial charge is 0.248 e. The minimum absolute atomic E-state index is 0.290. The molecule has 2 aromatic carbocycles. The molecule has 3 aromatic rings. The molecule has 1 saturated heterocycles. The summed E-state index contributed by atoms with van der Waals surface area (Å²) in [6.45, 7) is 7.23. The van der Waals surface area contributed by atoms with Crippen molar-refractivity contribution in [3.8, 4) is 23.1 Å². The number of aryl methyl sites for hydroxylation is 1. The van der Waals surface area contributed by atoms with Gasteiger partial charge in [0.1, 0.15) is 23.6 Å². The summed E-state index contributed by atoms with van der Waals surface area (Å²) in [6.07, 6.45) is 2.31. The van der Waals surface area contributed by atoms with Crippen molar-refractivity contribution in [2.45, 2.75) is 19.9 Å². The van der Waals surface area contributed by atoms with Crippen LogP contribution in [0.2, 0.25) is 0 Å². The Kier molecular flexibility index (Phi) is 7.33. The first-order chi connectivity index (χ1) is 17.6. The zero-order valence-corrected chi connectivity index (χ0v) is 20.5. The van der Waals surface area contributed by atoms with Crippen LogP contribution >= 0.6 is 0 Å². The van der Waals surface area contributed by atoms with Crippen molar-refractivity contribution >= 4 is 17.2 Å². The van der Waals surface area contributed by atoms with Crippen LogP contribution < -0.4 is 24.8 Å². The normalized spacial score (nSPS) is 15.1. The van der Waals surface area contributed by atoms with Gasteiger partial charge >= 0.3 is 0 Å². The lowest BCUT2D eigenvalue weighted by molar-refractivity contribution is 0.0357. The predicted octanol–water partition coefficient (Wildman–Crippen LogP) is 4.50. The Bertz CT molecular complexity index is 1220. The van der Waals surface area contributed by atoms with E-state index in [1.54, 1.807) is 26.2 Å². The van der Waals surface area contributed by atoms with E-state index in [1.807, 2.05) is 12.1 Å². The van der Waals surface area contributed by atoms with Gasteiger partial charge in [0.15, 0.2) is 17.3 Å². The van der Waals surface area contributed by atoms with Gasteiger partial charge in [0.05, 0.1) is 26.9 Å². The highest BCUT2D eigenvalue weighted by atomic mass is 19.1. The van der Waals surface area contributed by atoms with Gasteiger partial charge in [-0.25, -0.2) is 9.37 Å². The van der Waals surface area contributed by atoms with Gasteiger partial charge in [-0.2, -0.15) is 4.98 Å². The Morgan fingerprint density at radius 2 is 2.00 bits per heavy atom. The monoisotopic (exact) mass is 495 g/mol. The lowest BCUT2D eigenvalue weighted by atomic mass is 10.1. The van der Waals surface area contributed by atoms with Crippen molar-refractivity contribution < 1.29 is 23.3 Å². The third-order valence-electron chi connectivity index (χ3n) is 6.24. The molecule has 0 radical (unpaired) electrons. The van der Waals surface area contributed by atoms with E-state index in [1.165, 1.54) is 12.4 Å². The molecule has 2 aliphatic heterocycles. The number of halogens is 1. The molecule has 0 bridgehead atoms. The van der Waals surface area contributed by atoms with Crippen LogP contribution in [0.15, 0.2) is 36.7 Å². The van der Waals surface area contributed by atoms with Gasteiger partial charge < -0.3 is 29.6 Å². The Hall–Kier alpha value is -3.63. The molecule has 0 aliphatic carbocycles. The van der Waals surface area contributed by atoms with Crippen LogP contribution in [0.1, 0.15) is 17.5 Å². The van der Waals surface area contributed by atoms with E-state index in [0.29, 0.717) is 59.0 Å². The third kappa shape index (κ3) is 5.44. The summed E-state index contributed by atoms with van der Waals surface area (Å²) >= 11 is 0. The third-order valence-corrected chi connectivity index (χ3v) is 6.24. The van der Waals surface area contributed by atoms with Crippen LogP contribution in [0, 0.1) is 12.7 Å². The van der Waals surface area contributed by atoms with Crippen LogP contribution in [-0.2, 0) is 11.3 Å². The van der Waals surface area contributed by atoms with Crippen LogP contribution in [-0.4, -0.2) is 61.4 Å². The molecule has 190 valence electrons. The fourth-order valence-electron chi connectivity index (χ4n) is 4.18. The van der Waals surface area contributed by atoms with Crippen LogP contribution in [0.3, 0.4) is 0 Å². The second-order valence-corrected chi connectivity index (χ2v) is 8.71. The van der Waals surface area contributed by atoms with Crippen molar-refractivity contribution in [2.75, 3.05) is 57.2 Å². The van der Waals surface area contributed by atoms with Gasteiger partial charge in [-0.05, 0) is 37.1 Å². The molecule has 0 saturated carbocycles. The number of hydrogen-bond donors (Lipinski definition) is 2. The lowest BCUT2D eigenvalue weighted by Crippen LogP contribution is -2.37. The lowest BCUT2D eigenvalue weighted by Gasteiger charge is -2.26. The molecule has 36 heavy (non-hydrogen) atoms. The average molecular weight is 496 g/mol. The number of hydrogen-bond acceptors (Lipinski definition) is 9. The Morgan fingerprint density at radius 3 is 2.81 bits per heavy atom. The second kappa shape index (κ2) is 11.0. The van der Waals surface area contributed by atoms with E-state index in [4.69, 9.17) is 18.9 Å². The molecule has 10 heteroatoms. The van der Waals surface area contributed by atoms with Gasteiger partial charge in [0, 0.05) is 43.5 Å². The quantitative estimate of drug-likeness (QED) is 0.439. The summed E-state index contributed by atoms with van der Waals surface area (Å²) in [5, 5.41) is 6.51. The van der Waals surface area contributed by atoms with Gasteiger partial charge in [-0.3, -0.25) is 4.90 Å². The molecular formula is C26H30FN5O4. The minimum Gasteiger partial charge on any atom is -0.493 e. The van der Waals surface area contributed by atoms with E-state index in [-0.39, 0.29) is 5.82 Å². The maximum Gasteiger partial charge on any atom is 0.248 e. The summed E-state index contributed by atoms with van der Waals surface area (Å²) in [5.41, 5.74) is 2.63. The molecular weight excluding hydrogens is 465 g/mol. The van der Waals surface area contributed by atoms with Crippen molar-refractivity contribution in [1.82, 2.24) is 14.9 Å². The van der Waals surface area contributed by atoms with Crippen molar-refractivity contribution in [3.63, 3.8) is 0 Å². The number of aromatic nitrogens is 2. The van der Waals surface area contributed by atoms with Crippen molar-refractivity contribution in [2.24, 2.45) is 0 Å². The molecule has 1 fully saturated rings. The molecule has 2 aliphatic rings. The number of methoxy groups -OCH3 is 1. The van der Waals surface area contributed by atoms with E-state index in [0.717, 1.165) is 44.8 Å². The molecule has 3 heterocycles. The Balaban J connectivity index is 1.29. The minimum atomic E-state index is -0.290. The van der Waals surface area contributed by atoms with E-state index in [9.17, 15) is 4.39 Å². The number of benzene rings is 2. The molecule has 9 nitrogen and oxygen atoms in total. The number of ether oxygens (including phenoxy) is 4. The molecule has 5 rings (SSSR count). The topological polar surface area (TPSA) is 90.0 Å². The number of anilines is 3. The van der Waals surface area contributed by atoms with E-state index < -0.39 is 0 Å². The number of morpholine rings is 1. The Labute approximate surface area is 209 Å². The number of fused-ring (bicyclic) bond motifs is 2. The van der Waals surface area contributed by atoms with Gasteiger partial charge in [-0.15, -0.1) is 0 Å². The number of nitrogens with one attached hydrogen (secondary N) is 2. The number of rotatable bonds is 8. The average Bonchev–Trinajstić information content (AvgIpc) is 3.08. The summed E-state index contributed by atoms with van der Waals surface area (Å²) in [5.74, 6) is 2.43. The molecule has 0 amide bonds. The summed E-state index contributed by atoms with van der Waals surface area (Å²) in [6, 6.07) is 8.69. The number of nitrogens with zero attached hydrogens (tertiary/aromatic N) is 3. The Morgan fingerprint density at radius 1 is 1.14 bits per heavy atom. The fraction of sp³-hybridized carbons (Fsp3) is 0.385. The first-order valence-electron chi connectivity index (χ1n) is 12.0. The first kappa shape index (κ1) is 24.1. The maximum absolute atomic E-state index is 14.0. The zero-order valence-electron chi connectivity index (χ0n) is 20.5. The van der Waals surface area contributed by atoms with E-state index in [2.05, 4.69) is 25.5 Å². The van der Waals surface area contributed by atoms with Crippen molar-refractivity contribution in [1.29, 1.82) is 0 Å². The first-order valence-corrected chi connectivity index (χ1v) is 12.0. The predicted molar refractivity (Wildman–Crippen MR) is 134 cm³/mol. The maximum atomic E-state index is 14.0. The highest BCUT2D eigenvalue weighted by molar-refractivity contribution is 5.76. The van der Waals surface area contributed by atoms with Crippen LogP contribution in [0.25, 0.3) is 0 Å². The fourth-order valence-corrected chi connectivity index (χ4v) is 4.18. The van der Waals surface area contributed by atoms with Gasteiger partial charge in [0.2, 0.25) is 5.88 Å². The van der Waals surface area contributed by atoms with Crippen LogP contribution in [0.4, 0.5) is 21.6 Å². The summed E-state index contributed by atoms with van der Waals surface area (Å²) in [4.78, 5) is 11.0. The molecule has 0 atom stereocenters. The highest BCUT2D eigenvalue weighted by Gasteiger charge is 2.22. The SMILES string of the molecule is COc1cc2c(cc1OCCCN1CCOCC1)CNc1c(Nc3ccc(C)c(F)c3)ncnc1O2. The van der Waals surface area contributed by atoms with E-state index >= 15 is 0 Å². The molecule has 0 spiro atoms. The summed E-state index contributed by atoms with van der Waals surface area (Å²) < 4.78 is 37.2. The van der Waals surface area contributed by atoms with Crippen LogP contribution in [0.5, 0.6) is 23.1 Å². The largest absolute Gasteiger partial charge is 0.493 e. The molecule has 2 N–H and O–H groups in total. The zero-order chi connectivity index (χ0) is 24.9. The van der Waals surface area contributed by atoms with Gasteiger partial charge in [-0.1, -0.05) is 6.07 Å². The molecule has 0 unspecified atom stereocenters. The molecule has 1 aromatic heterocycles. The van der Waals surface area contributed by atoms with Crippen molar-refractivity contribution in [3.05, 3.63) is 53.6 Å². The highest BCUT2D eigenvalue weighted by Crippen LogP contribution is 2.42. The van der Waals surface area contributed by atoms with Gasteiger partial charge in [0.25, 0.3) is 0 Å². The summed E-state index contributed by atoms with van der Waals surface area (Å²) in [7, 11) is 1.61.